The molecule has 0 radical (unpaired) electrons. The topological polar surface area (TPSA) is 76.1 Å². The fraction of sp³-hybridized carbons (Fsp3) is 0.481. The summed E-state index contributed by atoms with van der Waals surface area (Å²) in [6.45, 7) is 2.16. The van der Waals surface area contributed by atoms with Crippen molar-refractivity contribution in [3.8, 4) is 0 Å². The van der Waals surface area contributed by atoms with Gasteiger partial charge in [0, 0.05) is 44.0 Å². The van der Waals surface area contributed by atoms with E-state index in [0.717, 1.165) is 30.1 Å². The summed E-state index contributed by atoms with van der Waals surface area (Å²) >= 11 is 12.6. The predicted molar refractivity (Wildman–Crippen MR) is 152 cm³/mol. The number of hydrogen-bond donors (Lipinski definition) is 2. The largest absolute Gasteiger partial charge is 0.380 e. The molecule has 2 N–H and O–H groups in total. The third kappa shape index (κ3) is 6.56. The number of benzene rings is 2. The number of alkyl halides is 2. The molecule has 3 heterocycles. The quantitative estimate of drug-likeness (QED) is 0.458. The monoisotopic (exact) mass is 636 g/mol. The highest BCUT2D eigenvalue weighted by Crippen LogP contribution is 2.35. The third-order valence-electron chi connectivity index (χ3n) is 7.78. The number of anilines is 1. The van der Waals surface area contributed by atoms with Crippen LogP contribution in [-0.4, -0.2) is 88.9 Å². The summed E-state index contributed by atoms with van der Waals surface area (Å²) < 4.78 is 53.6. The van der Waals surface area contributed by atoms with Gasteiger partial charge >= 0.3 is 0 Å². The minimum absolute atomic E-state index is 0. The van der Waals surface area contributed by atoms with Crippen molar-refractivity contribution in [2.75, 3.05) is 44.6 Å². The minimum atomic E-state index is -2.89. The van der Waals surface area contributed by atoms with Crippen LogP contribution in [0.5, 0.6) is 0 Å². The fourth-order valence-corrected chi connectivity index (χ4v) is 6.16. The van der Waals surface area contributed by atoms with Crippen LogP contribution < -0.4 is 5.32 Å². The molecule has 2 aromatic carbocycles. The van der Waals surface area contributed by atoms with E-state index in [9.17, 15) is 32.3 Å². The van der Waals surface area contributed by atoms with Crippen LogP contribution in [0.15, 0.2) is 30.3 Å². The zero-order valence-corrected chi connectivity index (χ0v) is 24.6. The van der Waals surface area contributed by atoms with E-state index >= 15 is 0 Å². The number of aliphatic hydroxyl groups is 1. The van der Waals surface area contributed by atoms with Crippen LogP contribution in [0.1, 0.15) is 35.7 Å². The number of halogens is 6. The Labute approximate surface area is 251 Å². The molecule has 7 nitrogen and oxygen atoms in total. The van der Waals surface area contributed by atoms with Gasteiger partial charge in [-0.25, -0.2) is 17.6 Å². The lowest BCUT2D eigenvalue weighted by Gasteiger charge is -2.48. The summed E-state index contributed by atoms with van der Waals surface area (Å²) in [5, 5.41) is 14.3. The molecule has 2 amide bonds. The van der Waals surface area contributed by atoms with Crippen molar-refractivity contribution in [2.45, 2.75) is 43.4 Å². The van der Waals surface area contributed by atoms with Crippen LogP contribution >= 0.6 is 36.7 Å². The third-order valence-corrected chi connectivity index (χ3v) is 8.37. The highest BCUT2D eigenvalue weighted by Gasteiger charge is 2.47. The summed E-state index contributed by atoms with van der Waals surface area (Å²) in [6.07, 6.45) is 1.35. The second-order valence-electron chi connectivity index (χ2n) is 10.9. The van der Waals surface area contributed by atoms with Crippen LogP contribution in [-0.2, 0) is 10.4 Å². The first-order valence-electron chi connectivity index (χ1n) is 12.9. The number of nitrogens with zero attached hydrogens (tertiary/aromatic N) is 3. The zero-order chi connectivity index (χ0) is 29.0. The first-order valence-corrected chi connectivity index (χ1v) is 13.6. The van der Waals surface area contributed by atoms with Crippen LogP contribution in [0.4, 0.5) is 23.2 Å². The lowest BCUT2D eigenvalue weighted by atomic mass is 9.91. The van der Waals surface area contributed by atoms with Gasteiger partial charge in [-0.3, -0.25) is 14.5 Å². The summed E-state index contributed by atoms with van der Waals surface area (Å²) in [5.41, 5.74) is -1.57. The molecule has 0 bridgehead atoms. The SMILES string of the molecule is C[C@@](O)(C(=O)N1CCC(N2CC(Nc3cc(Cl)c(C(=O)N4CC(F)(F)C4)c(Cl)c3)C2)CC1)c1cc(F)cc(F)c1.S. The maximum atomic E-state index is 13.6. The predicted octanol–water partition coefficient (Wildman–Crippen LogP) is 4.47. The van der Waals surface area contributed by atoms with Crippen molar-refractivity contribution in [1.82, 2.24) is 14.7 Å². The lowest BCUT2D eigenvalue weighted by molar-refractivity contribution is -0.152. The van der Waals surface area contributed by atoms with E-state index in [1.54, 1.807) is 12.1 Å². The number of likely N-dealkylation sites (tertiary alicyclic amines) is 3. The van der Waals surface area contributed by atoms with E-state index in [2.05, 4.69) is 10.2 Å². The van der Waals surface area contributed by atoms with Gasteiger partial charge in [-0.15, -0.1) is 0 Å². The van der Waals surface area contributed by atoms with E-state index in [-0.39, 0.29) is 46.8 Å². The molecule has 2 aromatic rings. The van der Waals surface area contributed by atoms with Crippen molar-refractivity contribution >= 4 is 54.2 Å². The van der Waals surface area contributed by atoms with Crippen LogP contribution in [0.25, 0.3) is 0 Å². The molecule has 0 unspecified atom stereocenters. The van der Waals surface area contributed by atoms with Crippen molar-refractivity contribution in [3.63, 3.8) is 0 Å². The molecule has 3 saturated heterocycles. The normalized spacial score (nSPS) is 20.9. The second-order valence-corrected chi connectivity index (χ2v) is 11.7. The van der Waals surface area contributed by atoms with E-state index in [0.29, 0.717) is 37.7 Å². The Hall–Kier alpha value is -2.25. The number of amides is 2. The van der Waals surface area contributed by atoms with Crippen LogP contribution in [0.3, 0.4) is 0 Å². The Bertz CT molecular complexity index is 1290. The molecule has 224 valence electrons. The molecule has 0 saturated carbocycles. The van der Waals surface area contributed by atoms with Gasteiger partial charge in [0.05, 0.1) is 34.7 Å². The molecule has 3 aliphatic heterocycles. The Kier molecular flexibility index (Phi) is 9.11. The lowest BCUT2D eigenvalue weighted by Crippen LogP contribution is -2.61. The Morgan fingerprint density at radius 1 is 0.976 bits per heavy atom. The van der Waals surface area contributed by atoms with E-state index in [4.69, 9.17) is 23.2 Å². The minimum Gasteiger partial charge on any atom is -0.380 e. The maximum absolute atomic E-state index is 13.6. The molecule has 1 atom stereocenters. The molecule has 0 spiro atoms. The molecule has 0 aromatic heterocycles. The van der Waals surface area contributed by atoms with Gasteiger partial charge in [-0.05, 0) is 49.6 Å². The number of carbonyl (C=O) groups excluding carboxylic acids is 2. The fourth-order valence-electron chi connectivity index (χ4n) is 5.51. The summed E-state index contributed by atoms with van der Waals surface area (Å²) in [4.78, 5) is 30.3. The molecule has 0 aliphatic carbocycles. The number of nitrogens with one attached hydrogen (secondary N) is 1. The number of carbonyl (C=O) groups is 2. The first kappa shape index (κ1) is 31.7. The standard InChI is InChI=1S/C27H28Cl2F4N4O3.H2S/c1-26(40,15-6-16(30)8-17(31)7-15)25(39)35-4-2-20(3-5-35)36-11-19(12-36)34-18-9-21(28)23(22(29)10-18)24(38)37-13-27(32,33)14-37;/h6-10,19-20,34,40H,2-5,11-14H2,1H3;1H2/t26-;/m0./s1. The zero-order valence-electron chi connectivity index (χ0n) is 22.1. The van der Waals surface area contributed by atoms with E-state index in [1.807, 2.05) is 0 Å². The first-order chi connectivity index (χ1) is 18.7. The van der Waals surface area contributed by atoms with Gasteiger partial charge in [0.25, 0.3) is 17.7 Å². The van der Waals surface area contributed by atoms with Crippen molar-refractivity contribution in [1.29, 1.82) is 0 Å². The molecule has 3 aliphatic rings. The Morgan fingerprint density at radius 2 is 1.51 bits per heavy atom. The molecular weight excluding hydrogens is 607 g/mol. The van der Waals surface area contributed by atoms with Crippen LogP contribution in [0, 0.1) is 11.6 Å². The summed E-state index contributed by atoms with van der Waals surface area (Å²) in [6, 6.07) is 6.03. The molecule has 41 heavy (non-hydrogen) atoms. The van der Waals surface area contributed by atoms with Gasteiger partial charge < -0.3 is 20.2 Å². The van der Waals surface area contributed by atoms with Gasteiger partial charge in [-0.1, -0.05) is 23.2 Å². The number of hydrogen-bond acceptors (Lipinski definition) is 5. The second kappa shape index (κ2) is 11.8. The number of piperidine rings is 1. The molecule has 5 rings (SSSR count). The Morgan fingerprint density at radius 3 is 2.02 bits per heavy atom. The van der Waals surface area contributed by atoms with Crippen LogP contribution in [0.2, 0.25) is 10.0 Å². The van der Waals surface area contributed by atoms with Crippen molar-refractivity contribution in [2.24, 2.45) is 0 Å². The van der Waals surface area contributed by atoms with Gasteiger partial charge in [-0.2, -0.15) is 13.5 Å². The average molecular weight is 638 g/mol. The highest BCUT2D eigenvalue weighted by molar-refractivity contribution is 7.59. The van der Waals surface area contributed by atoms with Crippen molar-refractivity contribution < 1.29 is 32.3 Å². The van der Waals surface area contributed by atoms with E-state index in [1.165, 1.54) is 11.8 Å². The van der Waals surface area contributed by atoms with Gasteiger partial charge in [0.15, 0.2) is 5.60 Å². The van der Waals surface area contributed by atoms with Gasteiger partial charge in [0.2, 0.25) is 0 Å². The van der Waals surface area contributed by atoms with Gasteiger partial charge in [0.1, 0.15) is 11.6 Å². The average Bonchev–Trinajstić information content (AvgIpc) is 2.83. The smallest absolute Gasteiger partial charge is 0.282 e. The highest BCUT2D eigenvalue weighted by atomic mass is 35.5. The van der Waals surface area contributed by atoms with Crippen molar-refractivity contribution in [3.05, 3.63) is 63.1 Å². The van der Waals surface area contributed by atoms with E-state index < -0.39 is 48.1 Å². The number of rotatable bonds is 6. The molecule has 14 heteroatoms. The Balaban J connectivity index is 0.00000387. The summed E-state index contributed by atoms with van der Waals surface area (Å²) in [5.74, 6) is -5.85. The summed E-state index contributed by atoms with van der Waals surface area (Å²) in [7, 11) is 0. The maximum Gasteiger partial charge on any atom is 0.282 e. The molecular formula is C27H30Cl2F4N4O3S. The molecule has 3 fully saturated rings.